The van der Waals surface area contributed by atoms with Gasteiger partial charge in [-0.3, -0.25) is 0 Å². The first-order chi connectivity index (χ1) is 11.7. The van der Waals surface area contributed by atoms with Crippen LogP contribution >= 0.6 is 15.9 Å². The molecule has 2 rings (SSSR count). The summed E-state index contributed by atoms with van der Waals surface area (Å²) in [7, 11) is -1.22. The van der Waals surface area contributed by atoms with Gasteiger partial charge in [0.05, 0.1) is 26.8 Å². The van der Waals surface area contributed by atoms with Crippen molar-refractivity contribution in [3.8, 4) is 5.69 Å². The second-order valence-electron chi connectivity index (χ2n) is 6.87. The van der Waals surface area contributed by atoms with E-state index in [1.54, 1.807) is 18.3 Å². The summed E-state index contributed by atoms with van der Waals surface area (Å²) in [5.41, 5.74) is 2.73. The average molecular weight is 428 g/mol. The third kappa shape index (κ3) is 5.57. The van der Waals surface area contributed by atoms with Gasteiger partial charge in [-0.05, 0) is 87.2 Å². The lowest BCUT2D eigenvalue weighted by atomic mass is 10.1. The van der Waals surface area contributed by atoms with Crippen molar-refractivity contribution in [2.75, 3.05) is 0 Å². The quantitative estimate of drug-likeness (QED) is 0.607. The zero-order valence-electron chi connectivity index (χ0n) is 14.9. The molecule has 0 saturated heterocycles. The molecule has 0 radical (unpaired) electrons. The Bertz CT molecular complexity index is 779. The minimum atomic E-state index is -1.22. The molecule has 25 heavy (non-hydrogen) atoms. The van der Waals surface area contributed by atoms with Crippen LogP contribution in [0.3, 0.4) is 0 Å². The standard InChI is InChI=1S/C18H23BrFN3OS/c1-13(22-25(24)18(2,3)4)6-5-7-17-16(19)12-21-23(17)15-10-8-14(20)9-11-15/h8-12H,5-7H2,1-4H3/t25-/m1/s1. The lowest BCUT2D eigenvalue weighted by Gasteiger charge is -2.14. The van der Waals surface area contributed by atoms with Crippen LogP contribution in [0, 0.1) is 5.82 Å². The van der Waals surface area contributed by atoms with Crippen molar-refractivity contribution in [2.24, 2.45) is 4.40 Å². The number of rotatable bonds is 6. The highest BCUT2D eigenvalue weighted by molar-refractivity contribution is 9.10. The van der Waals surface area contributed by atoms with E-state index in [1.165, 1.54) is 12.1 Å². The van der Waals surface area contributed by atoms with Crippen LogP contribution in [0.15, 0.2) is 39.3 Å². The Hall–Kier alpha value is -1.34. The molecule has 0 N–H and O–H groups in total. The van der Waals surface area contributed by atoms with E-state index < -0.39 is 11.0 Å². The van der Waals surface area contributed by atoms with E-state index in [4.69, 9.17) is 0 Å². The second kappa shape index (κ2) is 8.36. The van der Waals surface area contributed by atoms with E-state index in [2.05, 4.69) is 25.4 Å². The first-order valence-corrected chi connectivity index (χ1v) is 10.0. The largest absolute Gasteiger partial charge is 0.237 e. The summed E-state index contributed by atoms with van der Waals surface area (Å²) in [5, 5.41) is 4.36. The van der Waals surface area contributed by atoms with Crippen molar-refractivity contribution < 1.29 is 8.60 Å². The monoisotopic (exact) mass is 427 g/mol. The molecule has 1 heterocycles. The van der Waals surface area contributed by atoms with Gasteiger partial charge in [0, 0.05) is 5.71 Å². The molecule has 1 atom stereocenters. The lowest BCUT2D eigenvalue weighted by Crippen LogP contribution is -2.20. The van der Waals surface area contributed by atoms with Crippen LogP contribution < -0.4 is 0 Å². The molecule has 2 aromatic rings. The maximum atomic E-state index is 13.1. The molecule has 0 saturated carbocycles. The van der Waals surface area contributed by atoms with Crippen LogP contribution in [-0.4, -0.2) is 24.4 Å². The smallest absolute Gasteiger partial charge is 0.144 e. The molecule has 0 fully saturated rings. The Labute approximate surface area is 159 Å². The van der Waals surface area contributed by atoms with Crippen LogP contribution in [0.25, 0.3) is 5.69 Å². The van der Waals surface area contributed by atoms with Crippen molar-refractivity contribution in [3.05, 3.63) is 46.4 Å². The Morgan fingerprint density at radius 3 is 2.56 bits per heavy atom. The summed E-state index contributed by atoms with van der Waals surface area (Å²) in [6, 6.07) is 6.26. The second-order valence-corrected chi connectivity index (χ2v) is 9.63. The first kappa shape index (κ1) is 20.0. The average Bonchev–Trinajstić information content (AvgIpc) is 2.88. The fourth-order valence-corrected chi connectivity index (χ4v) is 3.33. The van der Waals surface area contributed by atoms with E-state index in [0.29, 0.717) is 0 Å². The van der Waals surface area contributed by atoms with Crippen molar-refractivity contribution in [1.82, 2.24) is 9.78 Å². The Balaban J connectivity index is 2.04. The molecule has 0 bridgehead atoms. The van der Waals surface area contributed by atoms with E-state index >= 15 is 0 Å². The van der Waals surface area contributed by atoms with Gasteiger partial charge in [-0.15, -0.1) is 0 Å². The third-order valence-electron chi connectivity index (χ3n) is 3.60. The summed E-state index contributed by atoms with van der Waals surface area (Å²) >= 11 is 3.53. The Morgan fingerprint density at radius 2 is 1.96 bits per heavy atom. The van der Waals surface area contributed by atoms with Crippen molar-refractivity contribution >= 4 is 32.6 Å². The Kier molecular flexibility index (Phi) is 6.68. The van der Waals surface area contributed by atoms with E-state index in [-0.39, 0.29) is 10.6 Å². The highest BCUT2D eigenvalue weighted by Gasteiger charge is 2.19. The number of nitrogens with zero attached hydrogens (tertiary/aromatic N) is 3. The first-order valence-electron chi connectivity index (χ1n) is 8.13. The predicted octanol–water partition coefficient (Wildman–Crippen LogP) is 5.02. The topological polar surface area (TPSA) is 47.2 Å². The maximum Gasteiger partial charge on any atom is 0.144 e. The molecular formula is C18H23BrFN3OS. The molecule has 7 heteroatoms. The zero-order valence-corrected chi connectivity index (χ0v) is 17.3. The van der Waals surface area contributed by atoms with Crippen LogP contribution in [0.1, 0.15) is 46.2 Å². The highest BCUT2D eigenvalue weighted by atomic mass is 79.9. The molecule has 0 aliphatic carbocycles. The molecule has 136 valence electrons. The van der Waals surface area contributed by atoms with Gasteiger partial charge in [-0.2, -0.15) is 9.50 Å². The minimum Gasteiger partial charge on any atom is -0.237 e. The minimum absolute atomic E-state index is 0.268. The van der Waals surface area contributed by atoms with Crippen molar-refractivity contribution in [2.45, 2.75) is 51.7 Å². The SMILES string of the molecule is CC(CCCc1c(Br)cnn1-c1ccc(F)cc1)=N[S@](=O)C(C)(C)C. The molecule has 0 amide bonds. The van der Waals surface area contributed by atoms with Crippen molar-refractivity contribution in [3.63, 3.8) is 0 Å². The van der Waals surface area contributed by atoms with E-state index in [1.807, 2.05) is 32.4 Å². The van der Waals surface area contributed by atoms with E-state index in [0.717, 1.165) is 40.8 Å². The number of benzene rings is 1. The molecule has 4 nitrogen and oxygen atoms in total. The third-order valence-corrected chi connectivity index (χ3v) is 5.79. The maximum absolute atomic E-state index is 13.1. The van der Waals surface area contributed by atoms with Gasteiger partial charge in [0.1, 0.15) is 16.8 Å². The summed E-state index contributed by atoms with van der Waals surface area (Å²) in [5.74, 6) is -0.268. The number of hydrogen-bond acceptors (Lipinski definition) is 2. The van der Waals surface area contributed by atoms with Gasteiger partial charge in [-0.1, -0.05) is 0 Å². The van der Waals surface area contributed by atoms with Gasteiger partial charge >= 0.3 is 0 Å². The molecule has 0 spiro atoms. The fraction of sp³-hybridized carbons (Fsp3) is 0.444. The number of halogens is 2. The van der Waals surface area contributed by atoms with Crippen LogP contribution in [-0.2, 0) is 17.4 Å². The summed E-state index contributed by atoms with van der Waals surface area (Å²) in [4.78, 5) is 0. The van der Waals surface area contributed by atoms with Crippen LogP contribution in [0.4, 0.5) is 4.39 Å². The van der Waals surface area contributed by atoms with Gasteiger partial charge in [0.2, 0.25) is 0 Å². The number of hydrogen-bond donors (Lipinski definition) is 0. The normalized spacial score (nSPS) is 13.9. The number of aromatic nitrogens is 2. The summed E-state index contributed by atoms with van der Waals surface area (Å²) in [6.07, 6.45) is 4.16. The predicted molar refractivity (Wildman–Crippen MR) is 105 cm³/mol. The van der Waals surface area contributed by atoms with Gasteiger partial charge < -0.3 is 0 Å². The molecule has 1 aromatic heterocycles. The van der Waals surface area contributed by atoms with Crippen LogP contribution in [0.2, 0.25) is 0 Å². The highest BCUT2D eigenvalue weighted by Crippen LogP contribution is 2.22. The molecule has 0 unspecified atom stereocenters. The van der Waals surface area contributed by atoms with Crippen molar-refractivity contribution in [1.29, 1.82) is 0 Å². The van der Waals surface area contributed by atoms with Gasteiger partial charge in [0.15, 0.2) is 0 Å². The molecular weight excluding hydrogens is 405 g/mol. The summed E-state index contributed by atoms with van der Waals surface area (Å²) in [6.45, 7) is 7.66. The van der Waals surface area contributed by atoms with Crippen LogP contribution in [0.5, 0.6) is 0 Å². The Morgan fingerprint density at radius 1 is 1.32 bits per heavy atom. The van der Waals surface area contributed by atoms with Gasteiger partial charge in [-0.25, -0.2) is 13.3 Å². The van der Waals surface area contributed by atoms with E-state index in [9.17, 15) is 8.60 Å². The molecule has 1 aromatic carbocycles. The van der Waals surface area contributed by atoms with Gasteiger partial charge in [0.25, 0.3) is 0 Å². The zero-order chi connectivity index (χ0) is 18.6. The molecule has 0 aliphatic rings. The lowest BCUT2D eigenvalue weighted by molar-refractivity contribution is 0.626. The molecule has 0 aliphatic heterocycles. The summed E-state index contributed by atoms with van der Waals surface area (Å²) < 4.78 is 31.9. The fourth-order valence-electron chi connectivity index (χ4n) is 2.22.